The second-order valence-electron chi connectivity index (χ2n) is 11.7. The highest BCUT2D eigenvalue weighted by atomic mass is 16.1. The number of hydrogen-bond donors (Lipinski definition) is 2. The van der Waals surface area contributed by atoms with Crippen LogP contribution in [0.25, 0.3) is 0 Å². The number of anilines is 1. The van der Waals surface area contributed by atoms with E-state index in [0.29, 0.717) is 18.4 Å². The molecule has 1 unspecified atom stereocenters. The van der Waals surface area contributed by atoms with Gasteiger partial charge in [-0.25, -0.2) is 0 Å². The average Bonchev–Trinajstić information content (AvgIpc) is 3.56. The molecule has 3 aromatic rings. The number of aromatic amines is 1. The van der Waals surface area contributed by atoms with Gasteiger partial charge < -0.3 is 14.9 Å². The maximum Gasteiger partial charge on any atom is 0.248 e. The van der Waals surface area contributed by atoms with Gasteiger partial charge in [0.15, 0.2) is 0 Å². The summed E-state index contributed by atoms with van der Waals surface area (Å²) in [5, 5.41) is 12.5. The Hall–Kier alpha value is -3.22. The second-order valence-corrected chi connectivity index (χ2v) is 11.7. The molecule has 7 nitrogen and oxygen atoms in total. The fourth-order valence-electron chi connectivity index (χ4n) is 5.90. The van der Waals surface area contributed by atoms with Gasteiger partial charge in [-0.05, 0) is 81.9 Å². The zero-order chi connectivity index (χ0) is 26.1. The van der Waals surface area contributed by atoms with Crippen LogP contribution in [-0.4, -0.2) is 25.7 Å². The number of carbonyl (C=O) groups is 1. The quantitative estimate of drug-likeness (QED) is 0.366. The fourth-order valence-corrected chi connectivity index (χ4v) is 5.90. The second kappa shape index (κ2) is 10.6. The van der Waals surface area contributed by atoms with Crippen molar-refractivity contribution in [1.29, 1.82) is 0 Å². The third kappa shape index (κ3) is 6.03. The molecule has 5 rings (SSSR count). The van der Waals surface area contributed by atoms with Crippen LogP contribution in [0.2, 0.25) is 0 Å². The van der Waals surface area contributed by atoms with Crippen molar-refractivity contribution in [2.24, 2.45) is 11.8 Å². The highest BCUT2D eigenvalue weighted by molar-refractivity contribution is 5.92. The molecule has 2 heterocycles. The van der Waals surface area contributed by atoms with Gasteiger partial charge in [0.05, 0.1) is 0 Å². The molecular formula is C30H39N5O2. The summed E-state index contributed by atoms with van der Waals surface area (Å²) in [6, 6.07) is 11.7. The molecule has 0 aliphatic heterocycles. The lowest BCUT2D eigenvalue weighted by Gasteiger charge is -2.36. The monoisotopic (exact) mass is 501 g/mol. The Morgan fingerprint density at radius 3 is 2.59 bits per heavy atom. The smallest absolute Gasteiger partial charge is 0.248 e. The Morgan fingerprint density at radius 2 is 1.92 bits per heavy atom. The molecule has 2 aliphatic rings. The number of amides is 1. The van der Waals surface area contributed by atoms with E-state index in [1.54, 1.807) is 6.07 Å². The van der Waals surface area contributed by atoms with E-state index in [1.807, 2.05) is 32.0 Å². The van der Waals surface area contributed by atoms with Crippen LogP contribution < -0.4 is 10.9 Å². The molecule has 2 aliphatic carbocycles. The Bertz CT molecular complexity index is 1310. The largest absolute Gasteiger partial charge is 0.326 e. The van der Waals surface area contributed by atoms with E-state index in [9.17, 15) is 9.59 Å². The molecule has 196 valence electrons. The van der Waals surface area contributed by atoms with Crippen molar-refractivity contribution in [1.82, 2.24) is 19.7 Å². The molecule has 2 aromatic heterocycles. The Labute approximate surface area is 219 Å². The van der Waals surface area contributed by atoms with Crippen LogP contribution >= 0.6 is 0 Å². The third-order valence-corrected chi connectivity index (χ3v) is 7.81. The maximum atomic E-state index is 13.3. The molecule has 1 aromatic carbocycles. The molecule has 7 heteroatoms. The van der Waals surface area contributed by atoms with E-state index in [2.05, 4.69) is 34.8 Å². The summed E-state index contributed by atoms with van der Waals surface area (Å²) in [5.41, 5.74) is 3.72. The lowest BCUT2D eigenvalue weighted by molar-refractivity contribution is -0.116. The van der Waals surface area contributed by atoms with Crippen molar-refractivity contribution in [3.05, 3.63) is 75.2 Å². The van der Waals surface area contributed by atoms with Gasteiger partial charge in [0.2, 0.25) is 11.5 Å². The number of carbonyl (C=O) groups excluding carboxylic acids is 1. The van der Waals surface area contributed by atoms with Crippen molar-refractivity contribution in [3.63, 3.8) is 0 Å². The molecule has 0 bridgehead atoms. The molecule has 2 saturated carbocycles. The highest BCUT2D eigenvalue weighted by Crippen LogP contribution is 2.48. The van der Waals surface area contributed by atoms with Gasteiger partial charge in [-0.1, -0.05) is 37.6 Å². The topological polar surface area (TPSA) is 92.7 Å². The van der Waals surface area contributed by atoms with Crippen LogP contribution in [0.15, 0.2) is 41.2 Å². The summed E-state index contributed by atoms with van der Waals surface area (Å²) in [6.07, 6.45) is 6.68. The summed E-state index contributed by atoms with van der Waals surface area (Å²) in [7, 11) is 0. The lowest BCUT2D eigenvalue weighted by atomic mass is 9.71. The SMILES string of the molecule is Cc1ccc(NC(=O)CC(Cc2cccc(=O)[nH]2)c2nnc(C3CC(CC(C)C)C3)n2C2CC2)c(C)c1. The first-order valence-electron chi connectivity index (χ1n) is 13.8. The van der Waals surface area contributed by atoms with Crippen LogP contribution in [0.4, 0.5) is 5.69 Å². The zero-order valence-corrected chi connectivity index (χ0v) is 22.5. The van der Waals surface area contributed by atoms with E-state index < -0.39 is 0 Å². The number of nitrogens with zero attached hydrogens (tertiary/aromatic N) is 3. The predicted octanol–water partition coefficient (Wildman–Crippen LogP) is 5.81. The van der Waals surface area contributed by atoms with Crippen molar-refractivity contribution in [2.75, 3.05) is 5.32 Å². The van der Waals surface area contributed by atoms with Gasteiger partial charge in [-0.2, -0.15) is 0 Å². The molecular weight excluding hydrogens is 462 g/mol. The number of pyridine rings is 1. The highest BCUT2D eigenvalue weighted by Gasteiger charge is 2.39. The first kappa shape index (κ1) is 25.4. The number of rotatable bonds is 10. The van der Waals surface area contributed by atoms with E-state index in [1.165, 1.54) is 25.3 Å². The Kier molecular flexibility index (Phi) is 7.31. The molecule has 0 spiro atoms. The average molecular weight is 502 g/mol. The van der Waals surface area contributed by atoms with Gasteiger partial charge in [0.25, 0.3) is 0 Å². The van der Waals surface area contributed by atoms with Crippen molar-refractivity contribution < 1.29 is 4.79 Å². The standard InChI is InChI=1S/C30H39N5O2/c1-18(2)12-21-14-22(15-21)29-33-34-30(35(29)25-9-10-25)23(16-24-6-5-7-27(36)31-24)17-28(37)32-26-11-8-19(3)13-20(26)4/h5-8,11,13,18,21-23,25H,9-10,12,14-17H2,1-4H3,(H,31,36)(H,32,37). The maximum absolute atomic E-state index is 13.3. The summed E-state index contributed by atoms with van der Waals surface area (Å²) < 4.78 is 2.35. The minimum atomic E-state index is -0.183. The molecule has 37 heavy (non-hydrogen) atoms. The van der Waals surface area contributed by atoms with Gasteiger partial charge in [-0.15, -0.1) is 10.2 Å². The summed E-state index contributed by atoms with van der Waals surface area (Å²) >= 11 is 0. The molecule has 1 amide bonds. The third-order valence-electron chi connectivity index (χ3n) is 7.81. The van der Waals surface area contributed by atoms with Gasteiger partial charge in [-0.3, -0.25) is 9.59 Å². The fraction of sp³-hybridized carbons (Fsp3) is 0.533. The minimum absolute atomic E-state index is 0.0530. The number of benzene rings is 1. The van der Waals surface area contributed by atoms with E-state index in [4.69, 9.17) is 10.2 Å². The van der Waals surface area contributed by atoms with E-state index in [-0.39, 0.29) is 23.8 Å². The Balaban J connectivity index is 1.40. The molecule has 0 radical (unpaired) electrons. The minimum Gasteiger partial charge on any atom is -0.326 e. The predicted molar refractivity (Wildman–Crippen MR) is 146 cm³/mol. The van der Waals surface area contributed by atoms with Crippen molar-refractivity contribution in [3.8, 4) is 0 Å². The number of aryl methyl sites for hydroxylation is 2. The summed E-state index contributed by atoms with van der Waals surface area (Å²) in [6.45, 7) is 8.64. The first-order valence-corrected chi connectivity index (χ1v) is 13.8. The molecule has 2 fully saturated rings. The van der Waals surface area contributed by atoms with Crippen LogP contribution in [-0.2, 0) is 11.2 Å². The van der Waals surface area contributed by atoms with Crippen LogP contribution in [0.5, 0.6) is 0 Å². The summed E-state index contributed by atoms with van der Waals surface area (Å²) in [4.78, 5) is 28.2. The number of aromatic nitrogens is 4. The number of hydrogen-bond acceptors (Lipinski definition) is 4. The lowest BCUT2D eigenvalue weighted by Crippen LogP contribution is -2.27. The van der Waals surface area contributed by atoms with Crippen LogP contribution in [0.3, 0.4) is 0 Å². The van der Waals surface area contributed by atoms with Crippen LogP contribution in [0.1, 0.15) is 98.7 Å². The molecule has 2 N–H and O–H groups in total. The van der Waals surface area contributed by atoms with E-state index >= 15 is 0 Å². The van der Waals surface area contributed by atoms with E-state index in [0.717, 1.165) is 58.8 Å². The van der Waals surface area contributed by atoms with Crippen LogP contribution in [0, 0.1) is 25.7 Å². The first-order chi connectivity index (χ1) is 17.8. The number of nitrogens with one attached hydrogen (secondary N) is 2. The molecule has 0 saturated heterocycles. The van der Waals surface area contributed by atoms with Gasteiger partial charge in [0.1, 0.15) is 11.6 Å². The van der Waals surface area contributed by atoms with Crippen molar-refractivity contribution >= 4 is 11.6 Å². The van der Waals surface area contributed by atoms with Crippen molar-refractivity contribution in [2.45, 2.75) is 90.5 Å². The number of H-pyrrole nitrogens is 1. The van der Waals surface area contributed by atoms with Gasteiger partial charge in [0, 0.05) is 41.7 Å². The summed E-state index contributed by atoms with van der Waals surface area (Å²) in [5.74, 6) is 3.68. The zero-order valence-electron chi connectivity index (χ0n) is 22.5. The Morgan fingerprint density at radius 1 is 1.14 bits per heavy atom. The molecule has 1 atom stereocenters. The van der Waals surface area contributed by atoms with Gasteiger partial charge >= 0.3 is 0 Å². The normalized spacial score (nSPS) is 20.0.